The van der Waals surface area contributed by atoms with Gasteiger partial charge in [0.1, 0.15) is 17.4 Å². The summed E-state index contributed by atoms with van der Waals surface area (Å²) in [5.41, 5.74) is 0.487. The average molecular weight is 871 g/mol. The number of aliphatic hydroxyl groups is 1. The van der Waals surface area contributed by atoms with Gasteiger partial charge in [0, 0.05) is 43.2 Å². The van der Waals surface area contributed by atoms with Crippen LogP contribution in [-0.2, 0) is 27.8 Å². The van der Waals surface area contributed by atoms with E-state index < -0.39 is 53.0 Å². The summed E-state index contributed by atoms with van der Waals surface area (Å²) in [5, 5.41) is 16.9. The zero-order chi connectivity index (χ0) is 43.7. The Morgan fingerprint density at radius 3 is 2.40 bits per heavy atom. The molecule has 2 saturated carbocycles. The minimum atomic E-state index is -4.69. The summed E-state index contributed by atoms with van der Waals surface area (Å²) >= 11 is 1.55. The minimum Gasteiger partial charge on any atom is -0.386 e. The number of hydrogen-bond donors (Lipinski definition) is 3. The number of halogens is 3. The topological polar surface area (TPSA) is 162 Å². The summed E-state index contributed by atoms with van der Waals surface area (Å²) in [6.07, 6.45) is 4.89. The first-order valence-corrected chi connectivity index (χ1v) is 22.4. The number of nitrogens with zero attached hydrogens (tertiary/aromatic N) is 4. The van der Waals surface area contributed by atoms with Gasteiger partial charge in [-0.25, -0.2) is 9.97 Å². The van der Waals surface area contributed by atoms with Crippen molar-refractivity contribution in [3.8, 4) is 0 Å². The molecule has 3 N–H and O–H groups in total. The maximum absolute atomic E-state index is 13.5. The Balaban J connectivity index is 0.735. The van der Waals surface area contributed by atoms with Gasteiger partial charge in [0.25, 0.3) is 17.7 Å². The highest BCUT2D eigenvalue weighted by Crippen LogP contribution is 2.54. The number of carbonyl (C=O) groups is 5. The standard InChI is InChI=1S/C46H49F3N6O6S/c1-44(2,61)30-18-33-35(19-32(30)51-39(57)31-10-5-11-36(50-31)46(47,48)49)62-41(52-33)28-14-12-25(13-15-28)22-54-23-45(24-54)20-26(21-45)6-3-7-27-8-4-9-29-38(27)43(60)55(42(29)59)34-16-17-37(56)53-40(34)58/h4-5,8-11,18-19,25-26,28,34,61H,3,6-7,12-17,20-24H2,1-2H3,(H,51,57)(H,53,56,58)/t25?,28?,34-/m0/s1. The van der Waals surface area contributed by atoms with E-state index in [0.717, 1.165) is 90.5 Å². The summed E-state index contributed by atoms with van der Waals surface area (Å²) in [5.74, 6) is -1.15. The van der Waals surface area contributed by atoms with Gasteiger partial charge in [-0.2, -0.15) is 13.2 Å². The molecule has 62 heavy (non-hydrogen) atoms. The Morgan fingerprint density at radius 1 is 0.952 bits per heavy atom. The molecule has 2 saturated heterocycles. The van der Waals surface area contributed by atoms with Crippen molar-refractivity contribution in [1.82, 2.24) is 25.1 Å². The molecule has 4 fully saturated rings. The summed E-state index contributed by atoms with van der Waals surface area (Å²) in [6.45, 7) is 6.53. The number of likely N-dealkylation sites (tertiary alicyclic amines) is 1. The van der Waals surface area contributed by atoms with Gasteiger partial charge in [-0.05, 0) is 125 Å². The van der Waals surface area contributed by atoms with E-state index >= 15 is 0 Å². The molecule has 5 heterocycles. The van der Waals surface area contributed by atoms with Crippen LogP contribution in [0.3, 0.4) is 0 Å². The van der Waals surface area contributed by atoms with Crippen LogP contribution in [0.4, 0.5) is 18.9 Å². The van der Waals surface area contributed by atoms with Crippen molar-refractivity contribution < 1.29 is 42.3 Å². The lowest BCUT2D eigenvalue weighted by molar-refractivity contribution is -0.141. The summed E-state index contributed by atoms with van der Waals surface area (Å²) < 4.78 is 40.6. The molecule has 3 aliphatic heterocycles. The zero-order valence-corrected chi connectivity index (χ0v) is 35.5. The number of anilines is 1. The van der Waals surface area contributed by atoms with E-state index in [0.29, 0.717) is 57.5 Å². The molecule has 1 atom stereocenters. The third-order valence-corrected chi connectivity index (χ3v) is 14.8. The van der Waals surface area contributed by atoms with E-state index in [1.807, 2.05) is 6.07 Å². The number of amides is 5. The molecule has 16 heteroatoms. The predicted molar refractivity (Wildman–Crippen MR) is 224 cm³/mol. The fourth-order valence-electron chi connectivity index (χ4n) is 10.7. The molecule has 12 nitrogen and oxygen atoms in total. The van der Waals surface area contributed by atoms with E-state index in [-0.39, 0.29) is 18.5 Å². The van der Waals surface area contributed by atoms with E-state index in [2.05, 4.69) is 20.5 Å². The molecule has 0 bridgehead atoms. The van der Waals surface area contributed by atoms with Crippen molar-refractivity contribution in [3.05, 3.63) is 87.2 Å². The van der Waals surface area contributed by atoms with Gasteiger partial charge in [0.05, 0.1) is 32.0 Å². The molecule has 4 aromatic rings. The summed E-state index contributed by atoms with van der Waals surface area (Å²) in [7, 11) is 0. The van der Waals surface area contributed by atoms with Gasteiger partial charge in [-0.15, -0.1) is 11.3 Å². The van der Waals surface area contributed by atoms with Gasteiger partial charge in [0.15, 0.2) is 0 Å². The van der Waals surface area contributed by atoms with Gasteiger partial charge in [-0.3, -0.25) is 34.2 Å². The molecule has 0 unspecified atom stereocenters. The van der Waals surface area contributed by atoms with Crippen LogP contribution in [0.2, 0.25) is 0 Å². The van der Waals surface area contributed by atoms with Crippen LogP contribution < -0.4 is 10.6 Å². The minimum absolute atomic E-state index is 0.0916. The number of thiazole rings is 1. The lowest BCUT2D eigenvalue weighted by Gasteiger charge is -2.60. The highest BCUT2D eigenvalue weighted by molar-refractivity contribution is 7.18. The highest BCUT2D eigenvalue weighted by atomic mass is 32.1. The number of alkyl halides is 3. The number of benzene rings is 2. The number of rotatable bonds is 11. The Morgan fingerprint density at radius 2 is 1.69 bits per heavy atom. The molecular weight excluding hydrogens is 822 g/mol. The second kappa shape index (κ2) is 15.9. The number of aryl methyl sites for hydroxylation is 1. The number of piperidine rings is 1. The van der Waals surface area contributed by atoms with Gasteiger partial charge < -0.3 is 15.3 Å². The number of nitrogens with one attached hydrogen (secondary N) is 2. The van der Waals surface area contributed by atoms with Crippen LogP contribution in [0.1, 0.15) is 137 Å². The normalized spacial score (nSPS) is 23.1. The third-order valence-electron chi connectivity index (χ3n) is 13.6. The lowest BCUT2D eigenvalue weighted by atomic mass is 9.56. The number of carbonyl (C=O) groups excluding carboxylic acids is 5. The summed E-state index contributed by atoms with van der Waals surface area (Å²) in [6, 6.07) is 11.0. The van der Waals surface area contributed by atoms with Crippen LogP contribution >= 0.6 is 11.3 Å². The average Bonchev–Trinajstić information content (AvgIpc) is 3.73. The van der Waals surface area contributed by atoms with Crippen molar-refractivity contribution in [1.29, 1.82) is 0 Å². The van der Waals surface area contributed by atoms with Crippen molar-refractivity contribution in [2.75, 3.05) is 25.0 Å². The predicted octanol–water partition coefficient (Wildman–Crippen LogP) is 7.60. The quantitative estimate of drug-likeness (QED) is 0.129. The molecule has 1 spiro atoms. The monoisotopic (exact) mass is 870 g/mol. The maximum Gasteiger partial charge on any atom is 0.433 e. The first kappa shape index (κ1) is 42.3. The lowest BCUT2D eigenvalue weighted by Crippen LogP contribution is -2.62. The Hall–Kier alpha value is -5.06. The van der Waals surface area contributed by atoms with Gasteiger partial charge >= 0.3 is 6.18 Å². The number of fused-ring (bicyclic) bond motifs is 2. The smallest absolute Gasteiger partial charge is 0.386 e. The van der Waals surface area contributed by atoms with E-state index in [1.165, 1.54) is 18.9 Å². The molecule has 9 rings (SSSR count). The molecule has 5 aliphatic rings. The first-order chi connectivity index (χ1) is 29.4. The van der Waals surface area contributed by atoms with E-state index in [1.54, 1.807) is 49.4 Å². The number of aromatic nitrogens is 2. The molecular formula is C46H49F3N6O6S. The number of pyridine rings is 1. The fraction of sp³-hybridized carbons (Fsp3) is 0.500. The Labute approximate surface area is 360 Å². The summed E-state index contributed by atoms with van der Waals surface area (Å²) in [4.78, 5) is 76.0. The Kier molecular flexibility index (Phi) is 10.9. The van der Waals surface area contributed by atoms with Crippen molar-refractivity contribution in [2.24, 2.45) is 17.3 Å². The number of imide groups is 2. The van der Waals surface area contributed by atoms with Gasteiger partial charge in [-0.1, -0.05) is 24.6 Å². The molecule has 2 aromatic heterocycles. The second-order valence-electron chi connectivity index (χ2n) is 18.7. The van der Waals surface area contributed by atoms with Crippen molar-refractivity contribution in [3.63, 3.8) is 0 Å². The SMILES string of the molecule is CC(C)(O)c1cc2nc(C3CCC(CN4CC5(CC(CCCc6cccc7c6C(=O)N([C@H]6CCC(=O)NC6=O)C7=O)C5)C4)CC3)sc2cc1NC(=O)c1cccc(C(F)(F)F)n1. The van der Waals surface area contributed by atoms with Gasteiger partial charge in [0.2, 0.25) is 11.8 Å². The largest absolute Gasteiger partial charge is 0.433 e. The third kappa shape index (κ3) is 8.16. The molecule has 2 aliphatic carbocycles. The molecule has 0 radical (unpaired) electrons. The van der Waals surface area contributed by atoms with Crippen molar-refractivity contribution >= 4 is 56.8 Å². The van der Waals surface area contributed by atoms with Crippen LogP contribution in [0.25, 0.3) is 10.2 Å². The first-order valence-electron chi connectivity index (χ1n) is 21.5. The van der Waals surface area contributed by atoms with Crippen molar-refractivity contribution in [2.45, 2.75) is 108 Å². The Bertz CT molecular complexity index is 2480. The molecule has 2 aromatic carbocycles. The van der Waals surface area contributed by atoms with E-state index in [4.69, 9.17) is 4.98 Å². The number of hydrogen-bond acceptors (Lipinski definition) is 10. The maximum atomic E-state index is 13.5. The molecule has 5 amide bonds. The zero-order valence-electron chi connectivity index (χ0n) is 34.6. The van der Waals surface area contributed by atoms with E-state index in [9.17, 15) is 42.3 Å². The second-order valence-corrected chi connectivity index (χ2v) is 19.7. The molecule has 326 valence electrons. The van der Waals surface area contributed by atoms with Crippen LogP contribution in [-0.4, -0.2) is 80.1 Å². The van der Waals surface area contributed by atoms with Crippen LogP contribution in [0.15, 0.2) is 48.5 Å². The van der Waals surface area contributed by atoms with Crippen LogP contribution in [0.5, 0.6) is 0 Å². The fourth-order valence-corrected chi connectivity index (χ4v) is 11.8. The van der Waals surface area contributed by atoms with Crippen LogP contribution in [0, 0.1) is 17.3 Å². The highest BCUT2D eigenvalue weighted by Gasteiger charge is 2.52.